The number of aliphatic hydroxyl groups is 2. The van der Waals surface area contributed by atoms with E-state index in [1.807, 2.05) is 0 Å². The second-order valence-corrected chi connectivity index (χ2v) is 4.82. The lowest BCUT2D eigenvalue weighted by Crippen LogP contribution is -2.33. The van der Waals surface area contributed by atoms with Crippen molar-refractivity contribution in [2.75, 3.05) is 0 Å². The van der Waals surface area contributed by atoms with Gasteiger partial charge in [-0.05, 0) is 0 Å². The minimum Gasteiger partial charge on any atom is -0.359 e. The lowest BCUT2D eigenvalue weighted by Gasteiger charge is -2.05. The highest BCUT2D eigenvalue weighted by atomic mass is 16.3. The fraction of sp³-hybridized carbons (Fsp3) is 0.176. The summed E-state index contributed by atoms with van der Waals surface area (Å²) in [6.45, 7) is -8.11. The predicted octanol–water partition coefficient (Wildman–Crippen LogP) is 0.177. The van der Waals surface area contributed by atoms with E-state index >= 15 is 0 Å². The van der Waals surface area contributed by atoms with Crippen LogP contribution in [0.25, 0.3) is 22.1 Å². The van der Waals surface area contributed by atoms with Crippen LogP contribution < -0.4 is 9.13 Å². The van der Waals surface area contributed by atoms with E-state index in [9.17, 15) is 10.2 Å². The first-order chi connectivity index (χ1) is 13.4. The molecule has 0 aliphatic rings. The third-order valence-corrected chi connectivity index (χ3v) is 3.53. The first kappa shape index (κ1) is 8.81. The summed E-state index contributed by atoms with van der Waals surface area (Å²) >= 11 is 0. The van der Waals surface area contributed by atoms with Gasteiger partial charge in [0.15, 0.2) is 20.0 Å². The lowest BCUT2D eigenvalue weighted by molar-refractivity contribution is -0.711. The summed E-state index contributed by atoms with van der Waals surface area (Å²) in [6.07, 6.45) is 5.02. The Morgan fingerprint density at radius 3 is 1.70 bits per heavy atom. The van der Waals surface area contributed by atoms with Crippen LogP contribution in [0.5, 0.6) is 0 Å². The standard InChI is InChI=1S/C17H16N4O2/c22-12-20-10-18(14-5-1-3-7-16(14)20)9-19-11-21(13-23)17-8-4-2-6-15(17)19/h1-8,22-23H,9,12-13H2/i9D2,12D2,13D2. The molecule has 2 aromatic heterocycles. The molecule has 0 bridgehead atoms. The van der Waals surface area contributed by atoms with E-state index in [1.165, 1.54) is 24.3 Å². The van der Waals surface area contributed by atoms with Gasteiger partial charge < -0.3 is 28.5 Å². The minimum absolute atomic E-state index is 0.200. The molecule has 0 saturated heterocycles. The SMILES string of the molecule is [2H]C([2H])(n1[c-][n+](C([2H])([2H])O)c2ccccc21)n1[c-][n+](C([2H])([2H])O)c2ccccc21. The van der Waals surface area contributed by atoms with Gasteiger partial charge in [0, 0.05) is 22.1 Å². The number of aromatic nitrogens is 4. The fourth-order valence-electron chi connectivity index (χ4n) is 2.51. The third-order valence-electron chi connectivity index (χ3n) is 3.53. The van der Waals surface area contributed by atoms with Gasteiger partial charge >= 0.3 is 0 Å². The summed E-state index contributed by atoms with van der Waals surface area (Å²) in [5, 5.41) is 19.7. The molecule has 4 rings (SSSR count). The average Bonchev–Trinajstić information content (AvgIpc) is 3.21. The number of para-hydroxylation sites is 4. The Morgan fingerprint density at radius 1 is 0.826 bits per heavy atom. The Bertz CT molecular complexity index is 1130. The topological polar surface area (TPSA) is 58.1 Å². The van der Waals surface area contributed by atoms with Gasteiger partial charge in [-0.25, -0.2) is 0 Å². The molecule has 0 fully saturated rings. The van der Waals surface area contributed by atoms with E-state index in [1.54, 1.807) is 24.3 Å². The first-order valence-corrected chi connectivity index (χ1v) is 6.79. The van der Waals surface area contributed by atoms with E-state index in [-0.39, 0.29) is 22.1 Å². The minimum atomic E-state index is -2.83. The number of fused-ring (bicyclic) bond motifs is 2. The zero-order valence-corrected chi connectivity index (χ0v) is 11.8. The molecular formula is C17H16N4O2. The maximum absolute atomic E-state index is 9.85. The van der Waals surface area contributed by atoms with Crippen molar-refractivity contribution in [2.24, 2.45) is 0 Å². The molecule has 23 heavy (non-hydrogen) atoms. The normalized spacial score (nSPS) is 17.3. The highest BCUT2D eigenvalue weighted by Gasteiger charge is 2.10. The monoisotopic (exact) mass is 314 g/mol. The van der Waals surface area contributed by atoms with Gasteiger partial charge in [0.2, 0.25) is 12.7 Å². The molecule has 0 radical (unpaired) electrons. The van der Waals surface area contributed by atoms with Crippen molar-refractivity contribution >= 4 is 22.1 Å². The summed E-state index contributed by atoms with van der Waals surface area (Å²) in [7, 11) is 0. The van der Waals surface area contributed by atoms with Crippen LogP contribution in [0.3, 0.4) is 0 Å². The molecule has 0 saturated carbocycles. The van der Waals surface area contributed by atoms with Crippen molar-refractivity contribution in [2.45, 2.75) is 20.0 Å². The highest BCUT2D eigenvalue weighted by molar-refractivity contribution is 5.73. The Hall–Kier alpha value is -2.70. The van der Waals surface area contributed by atoms with Crippen LogP contribution in [0.4, 0.5) is 0 Å². The predicted molar refractivity (Wildman–Crippen MR) is 81.8 cm³/mol. The molecule has 0 aliphatic carbocycles. The smallest absolute Gasteiger partial charge is 0.209 e. The third kappa shape index (κ3) is 2.19. The van der Waals surface area contributed by atoms with Crippen molar-refractivity contribution in [1.82, 2.24) is 9.13 Å². The van der Waals surface area contributed by atoms with Crippen molar-refractivity contribution in [1.29, 1.82) is 0 Å². The van der Waals surface area contributed by atoms with Crippen molar-refractivity contribution in [3.63, 3.8) is 0 Å². The second-order valence-electron chi connectivity index (χ2n) is 4.82. The number of nitrogens with zero attached hydrogens (tertiary/aromatic N) is 4. The van der Waals surface area contributed by atoms with E-state index in [4.69, 9.17) is 8.22 Å². The van der Waals surface area contributed by atoms with Crippen LogP contribution >= 0.6 is 0 Å². The quantitative estimate of drug-likeness (QED) is 0.417. The molecule has 2 heterocycles. The zero-order valence-electron chi connectivity index (χ0n) is 17.8. The maximum atomic E-state index is 9.85. The summed E-state index contributed by atoms with van der Waals surface area (Å²) in [6, 6.07) is 12.6. The molecule has 2 aromatic carbocycles. The molecule has 0 amide bonds. The van der Waals surface area contributed by atoms with E-state index in [0.29, 0.717) is 0 Å². The Morgan fingerprint density at radius 2 is 1.26 bits per heavy atom. The molecule has 0 atom stereocenters. The number of benzene rings is 2. The largest absolute Gasteiger partial charge is 0.359 e. The molecule has 0 unspecified atom stereocenters. The number of rotatable bonds is 4. The van der Waals surface area contributed by atoms with E-state index in [0.717, 1.165) is 18.3 Å². The summed E-state index contributed by atoms with van der Waals surface area (Å²) < 4.78 is 51.4. The maximum Gasteiger partial charge on any atom is 0.209 e. The molecule has 6 heteroatoms. The van der Waals surface area contributed by atoms with Gasteiger partial charge in [-0.3, -0.25) is 0 Å². The Labute approximate surface area is 141 Å². The fourth-order valence-corrected chi connectivity index (χ4v) is 2.51. The van der Waals surface area contributed by atoms with Gasteiger partial charge in [-0.2, -0.15) is 0 Å². The second kappa shape index (κ2) is 5.49. The van der Waals surface area contributed by atoms with Gasteiger partial charge in [0.25, 0.3) is 0 Å². The molecule has 116 valence electrons. The summed E-state index contributed by atoms with van der Waals surface area (Å²) in [4.78, 5) is 0. The summed E-state index contributed by atoms with van der Waals surface area (Å²) in [5.74, 6) is 0. The number of hydrogen-bond donors (Lipinski definition) is 2. The van der Waals surface area contributed by atoms with Crippen molar-refractivity contribution in [3.8, 4) is 0 Å². The van der Waals surface area contributed by atoms with Crippen molar-refractivity contribution < 1.29 is 27.6 Å². The Balaban J connectivity index is 2.03. The van der Waals surface area contributed by atoms with Gasteiger partial charge in [0.1, 0.15) is 8.22 Å². The van der Waals surface area contributed by atoms with Crippen LogP contribution in [0.1, 0.15) is 8.22 Å². The molecule has 0 aliphatic heterocycles. The van der Waals surface area contributed by atoms with Crippen LogP contribution in [-0.4, -0.2) is 19.3 Å². The van der Waals surface area contributed by atoms with Gasteiger partial charge in [-0.15, -0.1) is 0 Å². The van der Waals surface area contributed by atoms with Crippen molar-refractivity contribution in [3.05, 3.63) is 61.2 Å². The molecule has 2 N–H and O–H groups in total. The van der Waals surface area contributed by atoms with Gasteiger partial charge in [0.05, 0.1) is 0 Å². The first-order valence-electron chi connectivity index (χ1n) is 9.79. The zero-order chi connectivity index (χ0) is 21.2. The average molecular weight is 314 g/mol. The molecular weight excluding hydrogens is 292 g/mol. The molecule has 0 spiro atoms. The van der Waals surface area contributed by atoms with Crippen LogP contribution in [0.2, 0.25) is 0 Å². The molecule has 6 nitrogen and oxygen atoms in total. The van der Waals surface area contributed by atoms with E-state index < -0.39 is 20.0 Å². The highest BCUT2D eigenvalue weighted by Crippen LogP contribution is 2.14. The van der Waals surface area contributed by atoms with E-state index in [2.05, 4.69) is 12.7 Å². The van der Waals surface area contributed by atoms with Gasteiger partial charge in [-0.1, -0.05) is 48.5 Å². The summed E-state index contributed by atoms with van der Waals surface area (Å²) in [5.41, 5.74) is 0.872. The van der Waals surface area contributed by atoms with Crippen LogP contribution in [0.15, 0.2) is 48.5 Å². The Kier molecular flexibility index (Phi) is 2.10. The van der Waals surface area contributed by atoms with Crippen LogP contribution in [-0.2, 0) is 20.0 Å². The number of imidazole rings is 2. The number of hydrogen-bond acceptors (Lipinski definition) is 2. The lowest BCUT2D eigenvalue weighted by atomic mass is 10.3. The molecule has 4 aromatic rings. The van der Waals surface area contributed by atoms with Crippen LogP contribution in [0, 0.1) is 12.7 Å².